The molecule has 7 heteroatoms. The van der Waals surface area contributed by atoms with Crippen LogP contribution in [0.4, 0.5) is 0 Å². The zero-order valence-electron chi connectivity index (χ0n) is 12.1. The Morgan fingerprint density at radius 1 is 1.37 bits per heavy atom. The van der Waals surface area contributed by atoms with E-state index in [1.54, 1.807) is 4.31 Å². The molecular weight excluding hydrogens is 264 g/mol. The smallest absolute Gasteiger partial charge is 0.214 e. The average Bonchev–Trinajstić information content (AvgIpc) is 2.65. The van der Waals surface area contributed by atoms with Gasteiger partial charge in [-0.2, -0.15) is 0 Å². The van der Waals surface area contributed by atoms with E-state index in [1.807, 2.05) is 6.92 Å². The molecule has 0 aromatic rings. The minimum Gasteiger partial charge on any atom is -0.357 e. The maximum absolute atomic E-state index is 11.6. The SMILES string of the molecule is CCNC(=NCC(C)C)NCCN1CCCS1(=O)=O. The van der Waals surface area contributed by atoms with E-state index in [0.717, 1.165) is 25.5 Å². The molecule has 19 heavy (non-hydrogen) atoms. The van der Waals surface area contributed by atoms with Crippen molar-refractivity contribution in [3.05, 3.63) is 0 Å². The van der Waals surface area contributed by atoms with Crippen molar-refractivity contribution in [2.24, 2.45) is 10.9 Å². The number of hydrogen-bond donors (Lipinski definition) is 2. The summed E-state index contributed by atoms with van der Waals surface area (Å²) in [5, 5.41) is 6.33. The van der Waals surface area contributed by atoms with Crippen LogP contribution in [0.3, 0.4) is 0 Å². The Balaban J connectivity index is 2.38. The van der Waals surface area contributed by atoms with E-state index in [9.17, 15) is 8.42 Å². The van der Waals surface area contributed by atoms with E-state index in [4.69, 9.17) is 0 Å². The number of nitrogens with one attached hydrogen (secondary N) is 2. The van der Waals surface area contributed by atoms with Gasteiger partial charge in [0.05, 0.1) is 5.75 Å². The third-order valence-electron chi connectivity index (χ3n) is 2.82. The maximum atomic E-state index is 11.6. The Kier molecular flexibility index (Phi) is 6.57. The zero-order chi connectivity index (χ0) is 14.3. The first-order valence-electron chi connectivity index (χ1n) is 6.95. The molecule has 112 valence electrons. The fraction of sp³-hybridized carbons (Fsp3) is 0.917. The van der Waals surface area contributed by atoms with Gasteiger partial charge in [-0.25, -0.2) is 12.7 Å². The second-order valence-corrected chi connectivity index (χ2v) is 7.20. The molecule has 1 heterocycles. The van der Waals surface area contributed by atoms with Gasteiger partial charge in [0, 0.05) is 32.7 Å². The van der Waals surface area contributed by atoms with Crippen molar-refractivity contribution >= 4 is 16.0 Å². The van der Waals surface area contributed by atoms with Crippen LogP contribution in [-0.2, 0) is 10.0 Å². The van der Waals surface area contributed by atoms with Crippen LogP contribution in [0.2, 0.25) is 0 Å². The summed E-state index contributed by atoms with van der Waals surface area (Å²) in [6.07, 6.45) is 0.740. The molecule has 0 amide bonds. The van der Waals surface area contributed by atoms with Gasteiger partial charge < -0.3 is 10.6 Å². The maximum Gasteiger partial charge on any atom is 0.214 e. The molecule has 0 radical (unpaired) electrons. The van der Waals surface area contributed by atoms with E-state index >= 15 is 0 Å². The van der Waals surface area contributed by atoms with E-state index < -0.39 is 10.0 Å². The van der Waals surface area contributed by atoms with Crippen LogP contribution in [0.15, 0.2) is 4.99 Å². The van der Waals surface area contributed by atoms with Crippen LogP contribution >= 0.6 is 0 Å². The summed E-state index contributed by atoms with van der Waals surface area (Å²) >= 11 is 0. The predicted octanol–water partition coefficient (Wildman–Crippen LogP) is 0.233. The number of sulfonamides is 1. The van der Waals surface area contributed by atoms with Crippen molar-refractivity contribution < 1.29 is 8.42 Å². The van der Waals surface area contributed by atoms with E-state index in [-0.39, 0.29) is 5.75 Å². The second-order valence-electron chi connectivity index (χ2n) is 5.11. The molecule has 2 N–H and O–H groups in total. The van der Waals surface area contributed by atoms with Gasteiger partial charge >= 0.3 is 0 Å². The van der Waals surface area contributed by atoms with E-state index in [0.29, 0.717) is 25.6 Å². The summed E-state index contributed by atoms with van der Waals surface area (Å²) in [6.45, 7) is 9.54. The molecular formula is C12H26N4O2S. The first-order chi connectivity index (χ1) is 8.95. The minimum absolute atomic E-state index is 0.286. The zero-order valence-corrected chi connectivity index (χ0v) is 13.0. The molecule has 6 nitrogen and oxygen atoms in total. The first kappa shape index (κ1) is 16.2. The number of guanidine groups is 1. The van der Waals surface area contributed by atoms with Crippen molar-refractivity contribution in [2.45, 2.75) is 27.2 Å². The van der Waals surface area contributed by atoms with Crippen molar-refractivity contribution in [1.29, 1.82) is 0 Å². The Morgan fingerprint density at radius 3 is 2.63 bits per heavy atom. The molecule has 1 aliphatic rings. The molecule has 0 aromatic heterocycles. The van der Waals surface area contributed by atoms with Crippen LogP contribution in [0.5, 0.6) is 0 Å². The Bertz CT molecular complexity index is 393. The van der Waals surface area contributed by atoms with Gasteiger partial charge in [0.1, 0.15) is 0 Å². The fourth-order valence-corrected chi connectivity index (χ4v) is 3.39. The van der Waals surface area contributed by atoms with Gasteiger partial charge in [0.25, 0.3) is 0 Å². The lowest BCUT2D eigenvalue weighted by Crippen LogP contribution is -2.42. The van der Waals surface area contributed by atoms with Crippen LogP contribution in [0.1, 0.15) is 27.2 Å². The van der Waals surface area contributed by atoms with Gasteiger partial charge in [-0.05, 0) is 19.3 Å². The highest BCUT2D eigenvalue weighted by atomic mass is 32.2. The molecule has 0 spiro atoms. The molecule has 1 saturated heterocycles. The Labute approximate surface area is 116 Å². The molecule has 0 bridgehead atoms. The molecule has 0 saturated carbocycles. The summed E-state index contributed by atoms with van der Waals surface area (Å²) in [5.74, 6) is 1.55. The molecule has 1 fully saturated rings. The number of hydrogen-bond acceptors (Lipinski definition) is 3. The number of rotatable bonds is 6. The largest absolute Gasteiger partial charge is 0.357 e. The van der Waals surface area contributed by atoms with Crippen molar-refractivity contribution in [1.82, 2.24) is 14.9 Å². The number of nitrogens with zero attached hydrogens (tertiary/aromatic N) is 2. The molecule has 1 aliphatic heterocycles. The second kappa shape index (κ2) is 7.69. The highest BCUT2D eigenvalue weighted by Gasteiger charge is 2.27. The summed E-state index contributed by atoms with van der Waals surface area (Å²) < 4.78 is 24.8. The summed E-state index contributed by atoms with van der Waals surface area (Å²) in [7, 11) is -2.99. The monoisotopic (exact) mass is 290 g/mol. The molecule has 0 unspecified atom stereocenters. The Hall–Kier alpha value is -0.820. The van der Waals surface area contributed by atoms with Crippen LogP contribution < -0.4 is 10.6 Å². The van der Waals surface area contributed by atoms with Gasteiger partial charge in [-0.3, -0.25) is 4.99 Å². The number of aliphatic imine (C=N–C) groups is 1. The van der Waals surface area contributed by atoms with Crippen molar-refractivity contribution in [3.8, 4) is 0 Å². The average molecular weight is 290 g/mol. The van der Waals surface area contributed by atoms with Crippen LogP contribution in [0.25, 0.3) is 0 Å². The molecule has 1 rings (SSSR count). The predicted molar refractivity (Wildman–Crippen MR) is 78.8 cm³/mol. The van der Waals surface area contributed by atoms with Crippen molar-refractivity contribution in [2.75, 3.05) is 38.5 Å². The standard InChI is InChI=1S/C12H26N4O2S/c1-4-13-12(15-10-11(2)3)14-6-8-16-7-5-9-19(16,17)18/h11H,4-10H2,1-3H3,(H2,13,14,15). The van der Waals surface area contributed by atoms with Gasteiger partial charge in [0.15, 0.2) is 5.96 Å². The van der Waals surface area contributed by atoms with E-state index in [2.05, 4.69) is 29.5 Å². The van der Waals surface area contributed by atoms with Gasteiger partial charge in [-0.1, -0.05) is 13.8 Å². The van der Waals surface area contributed by atoms with Gasteiger partial charge in [-0.15, -0.1) is 0 Å². The summed E-state index contributed by atoms with van der Waals surface area (Å²) in [6, 6.07) is 0. The Morgan fingerprint density at radius 2 is 2.11 bits per heavy atom. The third kappa shape index (κ3) is 5.78. The molecule has 0 aliphatic carbocycles. The van der Waals surface area contributed by atoms with Crippen LogP contribution in [0, 0.1) is 5.92 Å². The van der Waals surface area contributed by atoms with Crippen molar-refractivity contribution in [3.63, 3.8) is 0 Å². The highest BCUT2D eigenvalue weighted by Crippen LogP contribution is 2.11. The van der Waals surface area contributed by atoms with Crippen LogP contribution in [-0.4, -0.2) is 57.2 Å². The fourth-order valence-electron chi connectivity index (χ4n) is 1.86. The topological polar surface area (TPSA) is 73.8 Å². The quantitative estimate of drug-likeness (QED) is 0.543. The molecule has 0 aromatic carbocycles. The lowest BCUT2D eigenvalue weighted by atomic mass is 10.2. The lowest BCUT2D eigenvalue weighted by Gasteiger charge is -2.16. The third-order valence-corrected chi connectivity index (χ3v) is 4.77. The van der Waals surface area contributed by atoms with Gasteiger partial charge in [0.2, 0.25) is 10.0 Å². The lowest BCUT2D eigenvalue weighted by molar-refractivity contribution is 0.445. The molecule has 0 atom stereocenters. The first-order valence-corrected chi connectivity index (χ1v) is 8.56. The highest BCUT2D eigenvalue weighted by molar-refractivity contribution is 7.89. The summed E-state index contributed by atoms with van der Waals surface area (Å²) in [4.78, 5) is 4.44. The van der Waals surface area contributed by atoms with E-state index in [1.165, 1.54) is 0 Å². The summed E-state index contributed by atoms with van der Waals surface area (Å²) in [5.41, 5.74) is 0. The normalized spacial score (nSPS) is 19.9. The minimum atomic E-state index is -2.99.